The first-order valence-electron chi connectivity index (χ1n) is 10.4. The molecule has 154 valence electrons. The summed E-state index contributed by atoms with van der Waals surface area (Å²) in [6, 6.07) is 18.2. The van der Waals surface area contributed by atoms with E-state index in [2.05, 4.69) is 56.8 Å². The van der Waals surface area contributed by atoms with Crippen LogP contribution in [0.4, 0.5) is 5.82 Å². The summed E-state index contributed by atoms with van der Waals surface area (Å²) in [5.74, 6) is 0.831. The van der Waals surface area contributed by atoms with Crippen LogP contribution >= 0.6 is 0 Å². The van der Waals surface area contributed by atoms with Crippen LogP contribution in [0, 0.1) is 6.92 Å². The highest BCUT2D eigenvalue weighted by molar-refractivity contribution is 5.95. The van der Waals surface area contributed by atoms with Crippen molar-refractivity contribution in [2.75, 3.05) is 5.32 Å². The van der Waals surface area contributed by atoms with Crippen molar-refractivity contribution in [2.24, 2.45) is 0 Å². The number of amides is 1. The van der Waals surface area contributed by atoms with Crippen LogP contribution in [-0.4, -0.2) is 30.9 Å². The summed E-state index contributed by atoms with van der Waals surface area (Å²) in [7, 11) is 0. The van der Waals surface area contributed by atoms with Crippen molar-refractivity contribution >= 4 is 11.7 Å². The summed E-state index contributed by atoms with van der Waals surface area (Å²) in [4.78, 5) is 17.3. The van der Waals surface area contributed by atoms with Crippen LogP contribution in [0.2, 0.25) is 0 Å². The van der Waals surface area contributed by atoms with E-state index in [1.807, 2.05) is 37.3 Å². The Bertz CT molecular complexity index is 1250. The predicted octanol–water partition coefficient (Wildman–Crippen LogP) is 4.07. The van der Waals surface area contributed by atoms with Gasteiger partial charge in [0.25, 0.3) is 5.95 Å². The standard InChI is InChI=1S/C24H22N6O/c1-3-16-9-11-17(12-10-16)19-13-21(31)27-23-22(19)15(2)29-30(23)24-26-20(14-25-28-24)18-7-5-4-6-8-18/h4-12,14,19H,3,13H2,1-2H3,(H,27,31)/t19-/m0/s1. The van der Waals surface area contributed by atoms with Crippen LogP contribution in [0.3, 0.4) is 0 Å². The van der Waals surface area contributed by atoms with Crippen molar-refractivity contribution in [3.8, 4) is 17.2 Å². The average molecular weight is 410 g/mol. The lowest BCUT2D eigenvalue weighted by Gasteiger charge is -2.24. The maximum atomic E-state index is 12.6. The van der Waals surface area contributed by atoms with Crippen LogP contribution in [0.15, 0.2) is 60.8 Å². The molecule has 0 fully saturated rings. The minimum Gasteiger partial charge on any atom is -0.310 e. The second-order valence-corrected chi connectivity index (χ2v) is 7.67. The van der Waals surface area contributed by atoms with Gasteiger partial charge in [0, 0.05) is 23.5 Å². The molecule has 4 aromatic rings. The number of aromatic nitrogens is 5. The third kappa shape index (κ3) is 3.48. The molecule has 0 unspecified atom stereocenters. The number of carbonyl (C=O) groups excluding carboxylic acids is 1. The van der Waals surface area contributed by atoms with Gasteiger partial charge in [-0.15, -0.1) is 5.10 Å². The minimum absolute atomic E-state index is 0.0506. The highest BCUT2D eigenvalue weighted by Crippen LogP contribution is 2.40. The van der Waals surface area contributed by atoms with E-state index in [4.69, 9.17) is 0 Å². The third-order valence-corrected chi connectivity index (χ3v) is 5.70. The molecule has 2 aromatic carbocycles. The van der Waals surface area contributed by atoms with Gasteiger partial charge in [-0.2, -0.15) is 14.9 Å². The summed E-state index contributed by atoms with van der Waals surface area (Å²) < 4.78 is 1.59. The normalized spacial score (nSPS) is 15.4. The zero-order chi connectivity index (χ0) is 21.4. The maximum absolute atomic E-state index is 12.6. The quantitative estimate of drug-likeness (QED) is 0.548. The average Bonchev–Trinajstić information content (AvgIpc) is 3.15. The van der Waals surface area contributed by atoms with Crippen molar-refractivity contribution in [3.63, 3.8) is 0 Å². The summed E-state index contributed by atoms with van der Waals surface area (Å²) in [6.07, 6.45) is 2.99. The van der Waals surface area contributed by atoms with Crippen molar-refractivity contribution in [1.29, 1.82) is 0 Å². The van der Waals surface area contributed by atoms with Gasteiger partial charge in [-0.3, -0.25) is 4.79 Å². The van der Waals surface area contributed by atoms with Crippen molar-refractivity contribution in [3.05, 3.63) is 83.2 Å². The van der Waals surface area contributed by atoms with E-state index in [0.29, 0.717) is 23.9 Å². The van der Waals surface area contributed by atoms with Crippen LogP contribution in [0.5, 0.6) is 0 Å². The molecule has 0 spiro atoms. The van der Waals surface area contributed by atoms with Crippen molar-refractivity contribution in [1.82, 2.24) is 25.0 Å². The van der Waals surface area contributed by atoms with E-state index < -0.39 is 0 Å². The van der Waals surface area contributed by atoms with Gasteiger partial charge in [0.2, 0.25) is 5.91 Å². The Labute approximate surface area is 180 Å². The smallest absolute Gasteiger partial charge is 0.272 e. The fourth-order valence-corrected chi connectivity index (χ4v) is 4.09. The molecule has 0 radical (unpaired) electrons. The van der Waals surface area contributed by atoms with E-state index in [0.717, 1.165) is 28.8 Å². The van der Waals surface area contributed by atoms with Gasteiger partial charge in [-0.05, 0) is 24.5 Å². The Morgan fingerprint density at radius 2 is 1.87 bits per heavy atom. The third-order valence-electron chi connectivity index (χ3n) is 5.70. The van der Waals surface area contributed by atoms with Gasteiger partial charge >= 0.3 is 0 Å². The first kappa shape index (κ1) is 19.1. The van der Waals surface area contributed by atoms with Gasteiger partial charge < -0.3 is 5.32 Å². The number of nitrogens with one attached hydrogen (secondary N) is 1. The molecule has 2 aromatic heterocycles. The van der Waals surface area contributed by atoms with Gasteiger partial charge in [0.15, 0.2) is 0 Å². The molecule has 0 aliphatic carbocycles. The zero-order valence-corrected chi connectivity index (χ0v) is 17.4. The first-order valence-corrected chi connectivity index (χ1v) is 10.4. The maximum Gasteiger partial charge on any atom is 0.272 e. The number of benzene rings is 2. The second-order valence-electron chi connectivity index (χ2n) is 7.67. The van der Waals surface area contributed by atoms with Crippen molar-refractivity contribution in [2.45, 2.75) is 32.6 Å². The van der Waals surface area contributed by atoms with Gasteiger partial charge in [-0.25, -0.2) is 4.98 Å². The van der Waals surface area contributed by atoms with Gasteiger partial charge in [0.1, 0.15) is 5.82 Å². The number of rotatable bonds is 4. The molecular formula is C24H22N6O. The SMILES string of the molecule is CCc1ccc([C@@H]2CC(=O)Nc3c2c(C)nn3-c2nncc(-c3ccccc3)n2)cc1. The van der Waals surface area contributed by atoms with Crippen LogP contribution in [0.1, 0.15) is 41.6 Å². The number of anilines is 1. The molecule has 1 aliphatic rings. The van der Waals surface area contributed by atoms with E-state index in [-0.39, 0.29) is 11.8 Å². The number of aryl methyl sites for hydroxylation is 2. The lowest BCUT2D eigenvalue weighted by molar-refractivity contribution is -0.116. The molecule has 0 saturated carbocycles. The van der Waals surface area contributed by atoms with Gasteiger partial charge in [-0.1, -0.05) is 61.5 Å². The molecule has 0 saturated heterocycles. The molecule has 7 nitrogen and oxygen atoms in total. The van der Waals surface area contributed by atoms with E-state index in [9.17, 15) is 4.79 Å². The fourth-order valence-electron chi connectivity index (χ4n) is 4.09. The second kappa shape index (κ2) is 7.75. The Balaban J connectivity index is 1.60. The van der Waals surface area contributed by atoms with E-state index >= 15 is 0 Å². The Kier molecular flexibility index (Phi) is 4.78. The molecule has 1 aliphatic heterocycles. The Hall–Kier alpha value is -3.87. The summed E-state index contributed by atoms with van der Waals surface area (Å²) in [5, 5.41) is 16.0. The number of fused-ring (bicyclic) bond motifs is 1. The molecule has 1 atom stereocenters. The minimum atomic E-state index is -0.0614. The van der Waals surface area contributed by atoms with E-state index in [1.54, 1.807) is 10.9 Å². The fraction of sp³-hybridized carbons (Fsp3) is 0.208. The number of hydrogen-bond acceptors (Lipinski definition) is 5. The van der Waals surface area contributed by atoms with Crippen LogP contribution < -0.4 is 5.32 Å². The molecule has 1 amide bonds. The lowest BCUT2D eigenvalue weighted by atomic mass is 9.85. The monoisotopic (exact) mass is 410 g/mol. The lowest BCUT2D eigenvalue weighted by Crippen LogP contribution is -2.25. The van der Waals surface area contributed by atoms with Crippen molar-refractivity contribution < 1.29 is 4.79 Å². The zero-order valence-electron chi connectivity index (χ0n) is 17.4. The summed E-state index contributed by atoms with van der Waals surface area (Å²) in [5.41, 5.74) is 5.85. The molecule has 31 heavy (non-hydrogen) atoms. The highest BCUT2D eigenvalue weighted by atomic mass is 16.1. The Morgan fingerprint density at radius 3 is 2.61 bits per heavy atom. The number of nitrogens with zero attached hydrogens (tertiary/aromatic N) is 5. The molecule has 5 rings (SSSR count). The summed E-state index contributed by atoms with van der Waals surface area (Å²) in [6.45, 7) is 4.08. The number of carbonyl (C=O) groups is 1. The number of hydrogen-bond donors (Lipinski definition) is 1. The topological polar surface area (TPSA) is 85.6 Å². The molecule has 0 bridgehead atoms. The summed E-state index contributed by atoms with van der Waals surface area (Å²) >= 11 is 0. The molecular weight excluding hydrogens is 388 g/mol. The van der Waals surface area contributed by atoms with Crippen LogP contribution in [0.25, 0.3) is 17.2 Å². The Morgan fingerprint density at radius 1 is 1.10 bits per heavy atom. The molecule has 3 heterocycles. The highest BCUT2D eigenvalue weighted by Gasteiger charge is 2.33. The first-order chi connectivity index (χ1) is 15.1. The largest absolute Gasteiger partial charge is 0.310 e. The van der Waals surface area contributed by atoms with Crippen LogP contribution in [-0.2, 0) is 11.2 Å². The van der Waals surface area contributed by atoms with E-state index in [1.165, 1.54) is 5.56 Å². The van der Waals surface area contributed by atoms with Gasteiger partial charge in [0.05, 0.1) is 17.6 Å². The predicted molar refractivity (Wildman–Crippen MR) is 118 cm³/mol. The molecule has 7 heteroatoms. The molecule has 1 N–H and O–H groups in total.